The molecule has 3 aromatic carbocycles. The Balaban J connectivity index is 1.96. The first kappa shape index (κ1) is 17.8. The van der Waals surface area contributed by atoms with Crippen LogP contribution in [0.1, 0.15) is 16.1 Å². The summed E-state index contributed by atoms with van der Waals surface area (Å²) in [5.74, 6) is 1.09. The molecule has 0 atom stereocenters. The van der Waals surface area contributed by atoms with E-state index in [0.29, 0.717) is 28.5 Å². The highest BCUT2D eigenvalue weighted by Crippen LogP contribution is 2.39. The fraction of sp³-hybridized carbons (Fsp3) is 0.130. The number of hydrogen-bond acceptors (Lipinski definition) is 5. The molecule has 0 saturated carbocycles. The number of rotatable bonds is 5. The van der Waals surface area contributed by atoms with Crippen molar-refractivity contribution in [3.8, 4) is 17.2 Å². The van der Waals surface area contributed by atoms with Crippen LogP contribution in [0.3, 0.4) is 0 Å². The van der Waals surface area contributed by atoms with Gasteiger partial charge >= 0.3 is 0 Å². The van der Waals surface area contributed by atoms with Crippen LogP contribution in [0.5, 0.6) is 17.2 Å². The van der Waals surface area contributed by atoms with Crippen molar-refractivity contribution < 1.29 is 19.0 Å². The van der Waals surface area contributed by atoms with Gasteiger partial charge in [0.2, 0.25) is 11.5 Å². The fourth-order valence-corrected chi connectivity index (χ4v) is 3.43. The number of carbonyl (C=O) groups excluding carboxylic acids is 1. The summed E-state index contributed by atoms with van der Waals surface area (Å²) in [5.41, 5.74) is 1.59. The van der Waals surface area contributed by atoms with Crippen molar-refractivity contribution in [3.63, 3.8) is 0 Å². The van der Waals surface area contributed by atoms with E-state index in [2.05, 4.69) is 4.98 Å². The molecule has 1 heterocycles. The number of pyridine rings is 1. The largest absolute Gasteiger partial charge is 0.493 e. The molecule has 0 N–H and O–H groups in total. The van der Waals surface area contributed by atoms with Gasteiger partial charge in [-0.2, -0.15) is 0 Å². The predicted octanol–water partition coefficient (Wildman–Crippen LogP) is 4.64. The summed E-state index contributed by atoms with van der Waals surface area (Å²) in [6.07, 6.45) is 0. The summed E-state index contributed by atoms with van der Waals surface area (Å²) in [5, 5.41) is 2.81. The lowest BCUT2D eigenvalue weighted by Crippen LogP contribution is -2.07. The minimum absolute atomic E-state index is 0.207. The Hall–Kier alpha value is -3.60. The monoisotopic (exact) mass is 373 g/mol. The Morgan fingerprint density at radius 2 is 1.32 bits per heavy atom. The number of methoxy groups -OCH3 is 3. The first-order valence-corrected chi connectivity index (χ1v) is 8.80. The van der Waals surface area contributed by atoms with Gasteiger partial charge in [-0.3, -0.25) is 4.79 Å². The van der Waals surface area contributed by atoms with Gasteiger partial charge in [-0.25, -0.2) is 4.98 Å². The van der Waals surface area contributed by atoms with E-state index < -0.39 is 0 Å². The number of carbonyl (C=O) groups is 1. The van der Waals surface area contributed by atoms with Gasteiger partial charge < -0.3 is 14.2 Å². The van der Waals surface area contributed by atoms with E-state index in [9.17, 15) is 4.79 Å². The normalized spacial score (nSPS) is 10.8. The molecule has 5 nitrogen and oxygen atoms in total. The molecule has 0 unspecified atom stereocenters. The van der Waals surface area contributed by atoms with Crippen molar-refractivity contribution in [3.05, 3.63) is 71.9 Å². The Labute approximate surface area is 162 Å². The average molecular weight is 373 g/mol. The maximum atomic E-state index is 13.4. The minimum atomic E-state index is -0.207. The Morgan fingerprint density at radius 1 is 0.750 bits per heavy atom. The van der Waals surface area contributed by atoms with E-state index in [-0.39, 0.29) is 5.78 Å². The van der Waals surface area contributed by atoms with Crippen LogP contribution >= 0.6 is 0 Å². The summed E-state index contributed by atoms with van der Waals surface area (Å²) in [6, 6.07) is 18.9. The van der Waals surface area contributed by atoms with Gasteiger partial charge in [-0.1, -0.05) is 42.5 Å². The summed E-state index contributed by atoms with van der Waals surface area (Å²) in [4.78, 5) is 18.1. The van der Waals surface area contributed by atoms with E-state index in [4.69, 9.17) is 14.2 Å². The quantitative estimate of drug-likeness (QED) is 0.377. The highest BCUT2D eigenvalue weighted by Gasteiger charge is 2.21. The first-order valence-electron chi connectivity index (χ1n) is 8.80. The van der Waals surface area contributed by atoms with E-state index in [1.807, 2.05) is 48.5 Å². The highest BCUT2D eigenvalue weighted by atomic mass is 16.5. The molecule has 0 bridgehead atoms. The molecule has 4 rings (SSSR count). The van der Waals surface area contributed by atoms with E-state index in [0.717, 1.165) is 21.7 Å². The van der Waals surface area contributed by atoms with Crippen LogP contribution in [-0.2, 0) is 0 Å². The summed E-state index contributed by atoms with van der Waals surface area (Å²) in [6.45, 7) is 0. The molecule has 1 aromatic heterocycles. The van der Waals surface area contributed by atoms with Crippen molar-refractivity contribution in [1.29, 1.82) is 0 Å². The van der Waals surface area contributed by atoms with Gasteiger partial charge in [-0.05, 0) is 23.6 Å². The highest BCUT2D eigenvalue weighted by molar-refractivity contribution is 6.19. The molecule has 0 radical (unpaired) electrons. The summed E-state index contributed by atoms with van der Waals surface area (Å²) >= 11 is 0. The number of ketones is 1. The van der Waals surface area contributed by atoms with E-state index in [1.54, 1.807) is 12.1 Å². The van der Waals surface area contributed by atoms with E-state index >= 15 is 0 Å². The lowest BCUT2D eigenvalue weighted by atomic mass is 9.99. The summed E-state index contributed by atoms with van der Waals surface area (Å²) < 4.78 is 16.1. The molecule has 4 aromatic rings. The number of fused-ring (bicyclic) bond motifs is 3. The van der Waals surface area contributed by atoms with Crippen molar-refractivity contribution in [2.24, 2.45) is 0 Å². The second-order valence-electron chi connectivity index (χ2n) is 6.27. The molecule has 0 aliphatic rings. The summed E-state index contributed by atoms with van der Waals surface area (Å²) in [7, 11) is 4.57. The number of benzene rings is 3. The van der Waals surface area contributed by atoms with Crippen molar-refractivity contribution >= 4 is 27.5 Å². The SMILES string of the molecule is COc1cc(C(=O)c2nc3ccccc3c3ccccc23)cc(OC)c1OC. The Bertz CT molecular complexity index is 1170. The average Bonchev–Trinajstić information content (AvgIpc) is 2.76. The van der Waals surface area contributed by atoms with Gasteiger partial charge in [0.25, 0.3) is 0 Å². The predicted molar refractivity (Wildman–Crippen MR) is 109 cm³/mol. The zero-order chi connectivity index (χ0) is 19.7. The maximum Gasteiger partial charge on any atom is 0.212 e. The molecule has 28 heavy (non-hydrogen) atoms. The second-order valence-corrected chi connectivity index (χ2v) is 6.27. The van der Waals surface area contributed by atoms with Crippen molar-refractivity contribution in [2.75, 3.05) is 21.3 Å². The molecule has 0 saturated heterocycles. The number of para-hydroxylation sites is 1. The van der Waals surface area contributed by atoms with Gasteiger partial charge in [0.15, 0.2) is 11.5 Å². The third-order valence-electron chi connectivity index (χ3n) is 4.75. The first-order chi connectivity index (χ1) is 13.7. The van der Waals surface area contributed by atoms with E-state index in [1.165, 1.54) is 21.3 Å². The van der Waals surface area contributed by atoms with Crippen molar-refractivity contribution in [2.45, 2.75) is 0 Å². The third-order valence-corrected chi connectivity index (χ3v) is 4.75. The molecule has 0 amide bonds. The number of ether oxygens (including phenoxy) is 3. The van der Waals surface area contributed by atoms with Gasteiger partial charge in [0, 0.05) is 16.3 Å². The topological polar surface area (TPSA) is 57.7 Å². The number of nitrogens with zero attached hydrogens (tertiary/aromatic N) is 1. The molecular weight excluding hydrogens is 354 g/mol. The van der Waals surface area contributed by atoms with Crippen LogP contribution < -0.4 is 14.2 Å². The van der Waals surface area contributed by atoms with Crippen LogP contribution in [-0.4, -0.2) is 32.1 Å². The van der Waals surface area contributed by atoms with Crippen LogP contribution in [0.4, 0.5) is 0 Å². The lowest BCUT2D eigenvalue weighted by molar-refractivity contribution is 0.103. The Kier molecular flexibility index (Phi) is 4.57. The smallest absolute Gasteiger partial charge is 0.212 e. The lowest BCUT2D eigenvalue weighted by Gasteiger charge is -2.14. The zero-order valence-corrected chi connectivity index (χ0v) is 15.9. The molecule has 140 valence electrons. The van der Waals surface area contributed by atoms with Gasteiger partial charge in [0.1, 0.15) is 5.69 Å². The van der Waals surface area contributed by atoms with Crippen LogP contribution in [0.2, 0.25) is 0 Å². The molecule has 0 aliphatic heterocycles. The van der Waals surface area contributed by atoms with Crippen LogP contribution in [0.25, 0.3) is 21.7 Å². The standard InChI is InChI=1S/C23H19NO4/c1-26-19-12-14(13-20(27-2)23(19)28-3)22(25)21-17-10-5-4-8-15(17)16-9-6-7-11-18(16)24-21/h4-13H,1-3H3. The maximum absolute atomic E-state index is 13.4. The molecule has 0 fully saturated rings. The fourth-order valence-electron chi connectivity index (χ4n) is 3.43. The number of aromatic nitrogens is 1. The van der Waals surface area contributed by atoms with Crippen molar-refractivity contribution in [1.82, 2.24) is 4.98 Å². The van der Waals surface area contributed by atoms with Gasteiger partial charge in [0.05, 0.1) is 26.8 Å². The molecule has 5 heteroatoms. The zero-order valence-electron chi connectivity index (χ0n) is 15.9. The minimum Gasteiger partial charge on any atom is -0.493 e. The number of hydrogen-bond donors (Lipinski definition) is 0. The van der Waals surface area contributed by atoms with Crippen LogP contribution in [0.15, 0.2) is 60.7 Å². The third kappa shape index (κ3) is 2.81. The van der Waals surface area contributed by atoms with Gasteiger partial charge in [-0.15, -0.1) is 0 Å². The van der Waals surface area contributed by atoms with Crippen LogP contribution in [0, 0.1) is 0 Å². The molecule has 0 spiro atoms. The molecular formula is C23H19NO4. The second kappa shape index (κ2) is 7.19. The Morgan fingerprint density at radius 3 is 1.93 bits per heavy atom. The molecule has 0 aliphatic carbocycles.